The largest absolute Gasteiger partial charge is 0.478 e. The Labute approximate surface area is 169 Å². The molecule has 6 nitrogen and oxygen atoms in total. The van der Waals surface area contributed by atoms with E-state index in [0.717, 1.165) is 5.39 Å². The number of carboxylic acid groups (broad SMARTS) is 1. The number of anilines is 1. The van der Waals surface area contributed by atoms with E-state index >= 15 is 0 Å². The SMILES string of the molecule is O=C(NC(=S)Nc1c(Br)cc(Br)cc1C(=O)O)c1cc2ccccc2o1. The summed E-state index contributed by atoms with van der Waals surface area (Å²) in [5.74, 6) is -1.58. The highest BCUT2D eigenvalue weighted by Gasteiger charge is 2.18. The number of amides is 1. The molecule has 0 unspecified atom stereocenters. The van der Waals surface area contributed by atoms with E-state index in [1.165, 1.54) is 6.07 Å². The highest BCUT2D eigenvalue weighted by Crippen LogP contribution is 2.31. The first-order valence-electron chi connectivity index (χ1n) is 7.18. The smallest absolute Gasteiger partial charge is 0.337 e. The van der Waals surface area contributed by atoms with Crippen LogP contribution in [0.3, 0.4) is 0 Å². The van der Waals surface area contributed by atoms with Gasteiger partial charge in [0.15, 0.2) is 10.9 Å². The van der Waals surface area contributed by atoms with Crippen LogP contribution in [0, 0.1) is 0 Å². The fourth-order valence-electron chi connectivity index (χ4n) is 2.27. The second-order valence-electron chi connectivity index (χ2n) is 5.17. The summed E-state index contributed by atoms with van der Waals surface area (Å²) in [6.45, 7) is 0. The van der Waals surface area contributed by atoms with Gasteiger partial charge in [-0.3, -0.25) is 10.1 Å². The van der Waals surface area contributed by atoms with Crippen molar-refractivity contribution in [2.45, 2.75) is 0 Å². The van der Waals surface area contributed by atoms with Gasteiger partial charge < -0.3 is 14.8 Å². The number of fused-ring (bicyclic) bond motifs is 1. The molecular formula is C17H10Br2N2O4S. The van der Waals surface area contributed by atoms with Crippen LogP contribution in [0.1, 0.15) is 20.9 Å². The molecule has 1 amide bonds. The number of carbonyl (C=O) groups excluding carboxylic acids is 1. The Balaban J connectivity index is 1.79. The molecule has 0 atom stereocenters. The van der Waals surface area contributed by atoms with Gasteiger partial charge in [-0.2, -0.15) is 0 Å². The third-order valence-corrected chi connectivity index (χ3v) is 4.69. The lowest BCUT2D eigenvalue weighted by Crippen LogP contribution is -2.34. The van der Waals surface area contributed by atoms with Gasteiger partial charge in [0.1, 0.15) is 5.58 Å². The summed E-state index contributed by atoms with van der Waals surface area (Å²) >= 11 is 11.6. The highest BCUT2D eigenvalue weighted by molar-refractivity contribution is 9.11. The lowest BCUT2D eigenvalue weighted by Gasteiger charge is -2.13. The number of benzene rings is 2. The number of rotatable bonds is 3. The van der Waals surface area contributed by atoms with Crippen LogP contribution < -0.4 is 10.6 Å². The van der Waals surface area contributed by atoms with Crippen LogP contribution in [-0.2, 0) is 0 Å². The average molecular weight is 498 g/mol. The summed E-state index contributed by atoms with van der Waals surface area (Å²) in [5, 5.41) is 15.3. The number of furan rings is 1. The summed E-state index contributed by atoms with van der Waals surface area (Å²) in [5.41, 5.74) is 0.808. The van der Waals surface area contributed by atoms with E-state index in [0.29, 0.717) is 14.5 Å². The minimum absolute atomic E-state index is 0.00779. The van der Waals surface area contributed by atoms with Gasteiger partial charge in [0.25, 0.3) is 5.91 Å². The van der Waals surface area contributed by atoms with Crippen molar-refractivity contribution < 1.29 is 19.1 Å². The van der Waals surface area contributed by atoms with Crippen LogP contribution in [0.15, 0.2) is 55.8 Å². The molecule has 0 bridgehead atoms. The molecule has 0 aliphatic heterocycles. The third-order valence-electron chi connectivity index (χ3n) is 3.40. The first kappa shape index (κ1) is 18.6. The molecule has 3 N–H and O–H groups in total. The van der Waals surface area contributed by atoms with E-state index in [2.05, 4.69) is 42.5 Å². The molecule has 0 spiro atoms. The number of para-hydroxylation sites is 1. The van der Waals surface area contributed by atoms with E-state index in [1.54, 1.807) is 24.3 Å². The second kappa shape index (κ2) is 7.56. The number of hydrogen-bond acceptors (Lipinski definition) is 4. The van der Waals surface area contributed by atoms with Gasteiger partial charge >= 0.3 is 5.97 Å². The van der Waals surface area contributed by atoms with E-state index in [4.69, 9.17) is 16.6 Å². The monoisotopic (exact) mass is 496 g/mol. The zero-order valence-electron chi connectivity index (χ0n) is 12.9. The van der Waals surface area contributed by atoms with Crippen LogP contribution in [-0.4, -0.2) is 22.1 Å². The molecule has 0 aliphatic rings. The average Bonchev–Trinajstić information content (AvgIpc) is 3.01. The van der Waals surface area contributed by atoms with Crippen molar-refractivity contribution in [1.82, 2.24) is 5.32 Å². The van der Waals surface area contributed by atoms with Crippen LogP contribution in [0.4, 0.5) is 5.69 Å². The fraction of sp³-hybridized carbons (Fsp3) is 0. The Bertz CT molecular complexity index is 1020. The van der Waals surface area contributed by atoms with Crippen molar-refractivity contribution in [2.75, 3.05) is 5.32 Å². The summed E-state index contributed by atoms with van der Waals surface area (Å²) < 4.78 is 6.54. The predicted molar refractivity (Wildman–Crippen MR) is 109 cm³/mol. The minimum Gasteiger partial charge on any atom is -0.478 e. The first-order chi connectivity index (χ1) is 12.3. The number of hydrogen-bond donors (Lipinski definition) is 3. The maximum absolute atomic E-state index is 12.3. The number of halogens is 2. The predicted octanol–water partition coefficient (Wildman–Crippen LogP) is 4.78. The zero-order chi connectivity index (χ0) is 18.8. The number of aromatic carboxylic acids is 1. The van der Waals surface area contributed by atoms with E-state index in [9.17, 15) is 14.7 Å². The lowest BCUT2D eigenvalue weighted by atomic mass is 10.2. The molecule has 132 valence electrons. The number of thiocarbonyl (C=S) groups is 1. The maximum Gasteiger partial charge on any atom is 0.337 e. The Kier molecular flexibility index (Phi) is 5.40. The summed E-state index contributed by atoms with van der Waals surface area (Å²) in [7, 11) is 0. The standard InChI is InChI=1S/C17H10Br2N2O4S/c18-9-6-10(16(23)24)14(11(19)7-9)20-17(26)21-15(22)13-5-8-3-1-2-4-12(8)25-13/h1-7H,(H,23,24)(H2,20,21,22,26). The van der Waals surface area contributed by atoms with Crippen LogP contribution in [0.2, 0.25) is 0 Å². The topological polar surface area (TPSA) is 91.6 Å². The van der Waals surface area contributed by atoms with Crippen LogP contribution in [0.25, 0.3) is 11.0 Å². The van der Waals surface area contributed by atoms with Gasteiger partial charge in [0.2, 0.25) is 0 Å². The molecule has 26 heavy (non-hydrogen) atoms. The normalized spacial score (nSPS) is 10.5. The maximum atomic E-state index is 12.3. The molecule has 0 aliphatic carbocycles. The van der Waals surface area contributed by atoms with Crippen molar-refractivity contribution >= 4 is 77.7 Å². The van der Waals surface area contributed by atoms with Crippen molar-refractivity contribution in [3.63, 3.8) is 0 Å². The van der Waals surface area contributed by atoms with Gasteiger partial charge in [0, 0.05) is 14.3 Å². The van der Waals surface area contributed by atoms with E-state index in [-0.39, 0.29) is 22.1 Å². The van der Waals surface area contributed by atoms with Crippen molar-refractivity contribution in [1.29, 1.82) is 0 Å². The Morgan fingerprint density at radius 2 is 1.85 bits per heavy atom. The van der Waals surface area contributed by atoms with Gasteiger partial charge in [0.05, 0.1) is 11.3 Å². The fourth-order valence-corrected chi connectivity index (χ4v) is 3.79. The van der Waals surface area contributed by atoms with E-state index < -0.39 is 11.9 Å². The lowest BCUT2D eigenvalue weighted by molar-refractivity contribution is 0.0697. The molecule has 3 aromatic rings. The van der Waals surface area contributed by atoms with Crippen LogP contribution >= 0.6 is 44.1 Å². The zero-order valence-corrected chi connectivity index (χ0v) is 16.9. The number of carbonyl (C=O) groups is 2. The molecule has 1 aromatic heterocycles. The quantitative estimate of drug-likeness (QED) is 0.451. The van der Waals surface area contributed by atoms with Gasteiger partial charge in [-0.05, 0) is 52.4 Å². The Morgan fingerprint density at radius 3 is 2.54 bits per heavy atom. The molecule has 1 heterocycles. The van der Waals surface area contributed by atoms with Crippen molar-refractivity contribution in [3.8, 4) is 0 Å². The second-order valence-corrected chi connectivity index (χ2v) is 7.35. The molecule has 9 heteroatoms. The van der Waals surface area contributed by atoms with E-state index in [1.807, 2.05) is 12.1 Å². The summed E-state index contributed by atoms with van der Waals surface area (Å²) in [4.78, 5) is 23.7. The molecule has 0 saturated carbocycles. The summed E-state index contributed by atoms with van der Waals surface area (Å²) in [6.07, 6.45) is 0. The number of carboxylic acids is 1. The van der Waals surface area contributed by atoms with Gasteiger partial charge in [-0.15, -0.1) is 0 Å². The minimum atomic E-state index is -1.14. The molecule has 0 fully saturated rings. The third kappa shape index (κ3) is 3.95. The first-order valence-corrected chi connectivity index (χ1v) is 9.18. The summed E-state index contributed by atoms with van der Waals surface area (Å²) in [6, 6.07) is 11.9. The molecule has 0 radical (unpaired) electrons. The molecular weight excluding hydrogens is 488 g/mol. The Morgan fingerprint density at radius 1 is 1.12 bits per heavy atom. The van der Waals surface area contributed by atoms with Gasteiger partial charge in [-0.25, -0.2) is 4.79 Å². The van der Waals surface area contributed by atoms with Crippen LogP contribution in [0.5, 0.6) is 0 Å². The Hall–Kier alpha value is -2.23. The highest BCUT2D eigenvalue weighted by atomic mass is 79.9. The molecule has 2 aromatic carbocycles. The van der Waals surface area contributed by atoms with Crippen molar-refractivity contribution in [2.24, 2.45) is 0 Å². The molecule has 3 rings (SSSR count). The van der Waals surface area contributed by atoms with Crippen molar-refractivity contribution in [3.05, 3.63) is 62.7 Å². The van der Waals surface area contributed by atoms with Gasteiger partial charge in [-0.1, -0.05) is 34.1 Å². The molecule has 0 saturated heterocycles. The number of nitrogens with one attached hydrogen (secondary N) is 2.